The van der Waals surface area contributed by atoms with Gasteiger partial charge in [-0.25, -0.2) is 4.79 Å². The molecule has 3 amide bonds. The monoisotopic (exact) mass is 436 g/mol. The number of benzene rings is 1. The Morgan fingerprint density at radius 1 is 1.07 bits per heavy atom. The van der Waals surface area contributed by atoms with Crippen LogP contribution in [0.5, 0.6) is 0 Å². The van der Waals surface area contributed by atoms with E-state index in [0.717, 1.165) is 63.0 Å². The highest BCUT2D eigenvalue weighted by Gasteiger charge is 2.29. The van der Waals surface area contributed by atoms with Crippen LogP contribution in [0.2, 0.25) is 0 Å². The van der Waals surface area contributed by atoms with Crippen LogP contribution < -0.4 is 5.73 Å². The van der Waals surface area contributed by atoms with Crippen LogP contribution >= 0.6 is 15.9 Å². The minimum Gasteiger partial charge on any atom is -0.351 e. The van der Waals surface area contributed by atoms with Crippen molar-refractivity contribution in [1.29, 1.82) is 0 Å². The number of amides is 3. The summed E-state index contributed by atoms with van der Waals surface area (Å²) in [6, 6.07) is 6.47. The number of piperidine rings is 1. The van der Waals surface area contributed by atoms with E-state index in [1.165, 1.54) is 11.1 Å². The summed E-state index contributed by atoms with van der Waals surface area (Å²) < 4.78 is 1.11. The molecule has 0 spiro atoms. The van der Waals surface area contributed by atoms with E-state index in [1.807, 2.05) is 4.90 Å². The van der Waals surface area contributed by atoms with Crippen molar-refractivity contribution >= 4 is 27.9 Å². The van der Waals surface area contributed by atoms with Crippen molar-refractivity contribution in [2.75, 3.05) is 39.3 Å². The first-order chi connectivity index (χ1) is 12.9. The van der Waals surface area contributed by atoms with Gasteiger partial charge in [0, 0.05) is 56.2 Å². The van der Waals surface area contributed by atoms with E-state index >= 15 is 0 Å². The molecule has 27 heavy (non-hydrogen) atoms. The first-order valence-corrected chi connectivity index (χ1v) is 10.5. The molecule has 1 aromatic rings. The number of hydrogen-bond donors (Lipinski definition) is 1. The number of rotatable bonds is 4. The third kappa shape index (κ3) is 5.23. The number of carbonyl (C=O) groups excluding carboxylic acids is 2. The number of likely N-dealkylation sites (tertiary alicyclic amines) is 1. The minimum absolute atomic E-state index is 0.249. The molecule has 0 bridgehead atoms. The third-order valence-corrected chi connectivity index (χ3v) is 6.70. The summed E-state index contributed by atoms with van der Waals surface area (Å²) in [5.41, 5.74) is 7.77. The Morgan fingerprint density at radius 3 is 2.33 bits per heavy atom. The highest BCUT2D eigenvalue weighted by Crippen LogP contribution is 2.20. The molecule has 0 aliphatic carbocycles. The lowest BCUT2D eigenvalue weighted by atomic mass is 10.0. The van der Waals surface area contributed by atoms with E-state index in [4.69, 9.17) is 5.73 Å². The van der Waals surface area contributed by atoms with Gasteiger partial charge >= 0.3 is 6.03 Å². The summed E-state index contributed by atoms with van der Waals surface area (Å²) in [5, 5.41) is 0. The van der Waals surface area contributed by atoms with E-state index < -0.39 is 0 Å². The molecule has 6 nitrogen and oxygen atoms in total. The fourth-order valence-electron chi connectivity index (χ4n) is 4.06. The Morgan fingerprint density at radius 2 is 1.74 bits per heavy atom. The molecule has 0 atom stereocenters. The molecule has 0 radical (unpaired) electrons. The van der Waals surface area contributed by atoms with Crippen molar-refractivity contribution in [3.63, 3.8) is 0 Å². The van der Waals surface area contributed by atoms with Crippen molar-refractivity contribution < 1.29 is 9.59 Å². The molecule has 2 aliphatic heterocycles. The van der Waals surface area contributed by atoms with Gasteiger partial charge in [-0.15, -0.1) is 0 Å². The predicted molar refractivity (Wildman–Crippen MR) is 110 cm³/mol. The fraction of sp³-hybridized carbons (Fsp3) is 0.600. The maximum Gasteiger partial charge on any atom is 0.314 e. The van der Waals surface area contributed by atoms with E-state index in [9.17, 15) is 9.59 Å². The van der Waals surface area contributed by atoms with Gasteiger partial charge in [-0.1, -0.05) is 28.1 Å². The lowest BCUT2D eigenvalue weighted by Crippen LogP contribution is -2.55. The van der Waals surface area contributed by atoms with E-state index in [1.54, 1.807) is 4.90 Å². The van der Waals surface area contributed by atoms with Crippen molar-refractivity contribution in [2.45, 2.75) is 38.6 Å². The molecule has 2 N–H and O–H groups in total. The lowest BCUT2D eigenvalue weighted by Gasteiger charge is -2.42. The third-order valence-electron chi connectivity index (χ3n) is 5.81. The summed E-state index contributed by atoms with van der Waals surface area (Å²) >= 11 is 3.52. The Balaban J connectivity index is 1.41. The van der Waals surface area contributed by atoms with Crippen LogP contribution in [0.4, 0.5) is 4.79 Å². The van der Waals surface area contributed by atoms with Crippen molar-refractivity contribution in [1.82, 2.24) is 14.7 Å². The average Bonchev–Trinajstić information content (AvgIpc) is 2.69. The van der Waals surface area contributed by atoms with Gasteiger partial charge < -0.3 is 15.5 Å². The largest absolute Gasteiger partial charge is 0.351 e. The summed E-state index contributed by atoms with van der Waals surface area (Å²) in [6.07, 6.45) is 3.30. The van der Waals surface area contributed by atoms with E-state index in [0.29, 0.717) is 12.5 Å². The zero-order valence-corrected chi connectivity index (χ0v) is 17.6. The van der Waals surface area contributed by atoms with Gasteiger partial charge in [0.05, 0.1) is 0 Å². The van der Waals surface area contributed by atoms with E-state index in [-0.39, 0.29) is 11.9 Å². The summed E-state index contributed by atoms with van der Waals surface area (Å²) in [4.78, 5) is 30.0. The molecule has 2 aliphatic rings. The van der Waals surface area contributed by atoms with Crippen LogP contribution in [-0.2, 0) is 11.2 Å². The van der Waals surface area contributed by atoms with Gasteiger partial charge in [0.1, 0.15) is 0 Å². The molecule has 148 valence electrons. The molecule has 2 fully saturated rings. The Kier molecular flexibility index (Phi) is 6.76. The first-order valence-electron chi connectivity index (χ1n) is 9.75. The predicted octanol–water partition coefficient (Wildman–Crippen LogP) is 2.38. The molecule has 7 heteroatoms. The second-order valence-electron chi connectivity index (χ2n) is 7.56. The number of aryl methyl sites for hydroxylation is 2. The number of hydrogen-bond acceptors (Lipinski definition) is 3. The molecular weight excluding hydrogens is 408 g/mol. The summed E-state index contributed by atoms with van der Waals surface area (Å²) in [7, 11) is 0. The lowest BCUT2D eigenvalue weighted by molar-refractivity contribution is -0.133. The van der Waals surface area contributed by atoms with Crippen LogP contribution in [0.15, 0.2) is 22.7 Å². The molecule has 0 unspecified atom stereocenters. The molecule has 0 saturated carbocycles. The number of nitrogens with zero attached hydrogens (tertiary/aromatic N) is 3. The smallest absolute Gasteiger partial charge is 0.314 e. The zero-order chi connectivity index (χ0) is 19.4. The Labute approximate surface area is 169 Å². The number of halogens is 1. The Bertz CT molecular complexity index is 681. The van der Waals surface area contributed by atoms with Gasteiger partial charge in [0.25, 0.3) is 0 Å². The van der Waals surface area contributed by atoms with Gasteiger partial charge in [-0.05, 0) is 43.4 Å². The number of nitrogens with two attached hydrogens (primary N) is 1. The highest BCUT2D eigenvalue weighted by molar-refractivity contribution is 9.10. The number of primary amides is 1. The SMILES string of the molecule is Cc1cc(CCC(=O)N2CCN(C3CCN(C(N)=O)CC3)CC2)ccc1Br. The quantitative estimate of drug-likeness (QED) is 0.787. The van der Waals surface area contributed by atoms with Crippen LogP contribution in [0.1, 0.15) is 30.4 Å². The molecular formula is C20H29BrN4O2. The summed E-state index contributed by atoms with van der Waals surface area (Å²) in [6.45, 7) is 7.00. The second kappa shape index (κ2) is 9.06. The standard InChI is InChI=1S/C20H29BrN4O2/c1-15-14-16(2-4-18(15)21)3-5-19(26)24-12-10-23(11-13-24)17-6-8-25(9-7-17)20(22)27/h2,4,14,17H,3,5-13H2,1H3,(H2,22,27). The van der Waals surface area contributed by atoms with Crippen molar-refractivity contribution in [3.8, 4) is 0 Å². The van der Waals surface area contributed by atoms with Crippen molar-refractivity contribution in [3.05, 3.63) is 33.8 Å². The maximum atomic E-state index is 12.6. The molecule has 0 aromatic heterocycles. The van der Waals surface area contributed by atoms with Crippen LogP contribution in [0.3, 0.4) is 0 Å². The summed E-state index contributed by atoms with van der Waals surface area (Å²) in [5.74, 6) is 0.249. The van der Waals surface area contributed by atoms with E-state index in [2.05, 4.69) is 46.0 Å². The van der Waals surface area contributed by atoms with Crippen LogP contribution in [0, 0.1) is 6.92 Å². The normalized spacial score (nSPS) is 19.3. The highest BCUT2D eigenvalue weighted by atomic mass is 79.9. The zero-order valence-electron chi connectivity index (χ0n) is 16.0. The van der Waals surface area contributed by atoms with Gasteiger partial charge in [0.2, 0.25) is 5.91 Å². The van der Waals surface area contributed by atoms with Gasteiger partial charge in [-0.3, -0.25) is 9.69 Å². The van der Waals surface area contributed by atoms with Crippen LogP contribution in [-0.4, -0.2) is 71.9 Å². The maximum absolute atomic E-state index is 12.6. The molecule has 3 rings (SSSR count). The fourth-order valence-corrected chi connectivity index (χ4v) is 4.31. The van der Waals surface area contributed by atoms with Gasteiger partial charge in [0.15, 0.2) is 0 Å². The second-order valence-corrected chi connectivity index (χ2v) is 8.41. The minimum atomic E-state index is -0.315. The molecule has 2 heterocycles. The topological polar surface area (TPSA) is 69.9 Å². The average molecular weight is 437 g/mol. The van der Waals surface area contributed by atoms with Crippen molar-refractivity contribution in [2.24, 2.45) is 5.73 Å². The molecule has 2 saturated heterocycles. The van der Waals surface area contributed by atoms with Crippen LogP contribution in [0.25, 0.3) is 0 Å². The Hall–Kier alpha value is -1.60. The number of urea groups is 1. The number of carbonyl (C=O) groups is 2. The first kappa shape index (κ1) is 20.1. The number of piperazine rings is 1. The molecule has 1 aromatic carbocycles. The van der Waals surface area contributed by atoms with Gasteiger partial charge in [-0.2, -0.15) is 0 Å².